The molecule has 104 valence electrons. The predicted molar refractivity (Wildman–Crippen MR) is 78.9 cm³/mol. The summed E-state index contributed by atoms with van der Waals surface area (Å²) in [4.78, 5) is 15.0. The highest BCUT2D eigenvalue weighted by molar-refractivity contribution is 7.09. The number of nitro groups is 1. The molecule has 0 saturated heterocycles. The number of non-ortho nitro benzene ring substituents is 1. The summed E-state index contributed by atoms with van der Waals surface area (Å²) in [6.07, 6.45) is 3.49. The normalized spacial score (nSPS) is 14.4. The molecule has 0 amide bonds. The van der Waals surface area contributed by atoms with Crippen molar-refractivity contribution in [2.24, 2.45) is 0 Å². The van der Waals surface area contributed by atoms with Crippen LogP contribution in [0.25, 0.3) is 11.3 Å². The minimum atomic E-state index is -0.379. The third-order valence-electron chi connectivity index (χ3n) is 3.25. The van der Waals surface area contributed by atoms with Gasteiger partial charge < -0.3 is 5.32 Å². The van der Waals surface area contributed by atoms with Gasteiger partial charge in [0.15, 0.2) is 0 Å². The van der Waals surface area contributed by atoms with E-state index in [2.05, 4.69) is 10.3 Å². The van der Waals surface area contributed by atoms with Gasteiger partial charge in [-0.1, -0.05) is 12.1 Å². The lowest BCUT2D eigenvalue weighted by atomic mass is 10.1. The fraction of sp³-hybridized carbons (Fsp3) is 0.357. The first kappa shape index (κ1) is 13.2. The molecule has 6 heteroatoms. The molecular weight excluding hydrogens is 274 g/mol. The number of hydrogen-bond acceptors (Lipinski definition) is 5. The third-order valence-corrected chi connectivity index (χ3v) is 4.16. The van der Waals surface area contributed by atoms with Crippen LogP contribution in [-0.2, 0) is 6.42 Å². The van der Waals surface area contributed by atoms with Gasteiger partial charge in [-0.2, -0.15) is 0 Å². The molecule has 1 saturated carbocycles. The molecule has 1 aromatic heterocycles. The average molecular weight is 289 g/mol. The first-order valence-electron chi connectivity index (χ1n) is 6.65. The number of benzene rings is 1. The van der Waals surface area contributed by atoms with E-state index in [4.69, 9.17) is 0 Å². The van der Waals surface area contributed by atoms with E-state index < -0.39 is 0 Å². The third kappa shape index (κ3) is 3.20. The molecule has 1 heterocycles. The van der Waals surface area contributed by atoms with Crippen molar-refractivity contribution < 1.29 is 4.92 Å². The Bertz CT molecular complexity index is 622. The van der Waals surface area contributed by atoms with E-state index in [1.54, 1.807) is 23.5 Å². The van der Waals surface area contributed by atoms with E-state index in [0.29, 0.717) is 6.04 Å². The Hall–Kier alpha value is -1.79. The highest BCUT2D eigenvalue weighted by Gasteiger charge is 2.19. The van der Waals surface area contributed by atoms with Crippen molar-refractivity contribution in [1.82, 2.24) is 10.3 Å². The van der Waals surface area contributed by atoms with Gasteiger partial charge in [0, 0.05) is 42.1 Å². The van der Waals surface area contributed by atoms with Crippen molar-refractivity contribution >= 4 is 17.0 Å². The zero-order valence-corrected chi connectivity index (χ0v) is 11.7. The lowest BCUT2D eigenvalue weighted by Crippen LogP contribution is -2.19. The van der Waals surface area contributed by atoms with Crippen LogP contribution in [-0.4, -0.2) is 22.5 Å². The molecule has 1 aromatic carbocycles. The summed E-state index contributed by atoms with van der Waals surface area (Å²) in [5.74, 6) is 0. The van der Waals surface area contributed by atoms with Gasteiger partial charge in [0.1, 0.15) is 0 Å². The maximum Gasteiger partial charge on any atom is 0.270 e. The number of nitrogens with zero attached hydrogens (tertiary/aromatic N) is 2. The molecule has 2 aromatic rings. The molecular formula is C14H15N3O2S. The quantitative estimate of drug-likeness (QED) is 0.655. The van der Waals surface area contributed by atoms with Gasteiger partial charge in [0.2, 0.25) is 0 Å². The smallest absolute Gasteiger partial charge is 0.270 e. The molecule has 1 N–H and O–H groups in total. The van der Waals surface area contributed by atoms with Gasteiger partial charge in [-0.05, 0) is 12.8 Å². The van der Waals surface area contributed by atoms with Gasteiger partial charge >= 0.3 is 0 Å². The minimum Gasteiger partial charge on any atom is -0.314 e. The van der Waals surface area contributed by atoms with E-state index >= 15 is 0 Å². The van der Waals surface area contributed by atoms with E-state index in [1.807, 2.05) is 11.4 Å². The number of hydrogen-bond donors (Lipinski definition) is 1. The predicted octanol–water partition coefficient (Wildman–Crippen LogP) is 3.01. The van der Waals surface area contributed by atoms with Gasteiger partial charge in [-0.25, -0.2) is 4.98 Å². The molecule has 0 aliphatic heterocycles. The SMILES string of the molecule is O=[N+]([O-])c1cccc(-c2csc(CCNC3CC3)n2)c1. The zero-order valence-electron chi connectivity index (χ0n) is 10.9. The molecule has 0 unspecified atom stereocenters. The Morgan fingerprint density at radius 1 is 1.45 bits per heavy atom. The summed E-state index contributed by atoms with van der Waals surface area (Å²) in [6.45, 7) is 0.951. The maximum atomic E-state index is 10.8. The molecule has 5 nitrogen and oxygen atoms in total. The van der Waals surface area contributed by atoms with Gasteiger partial charge in [-0.15, -0.1) is 11.3 Å². The van der Waals surface area contributed by atoms with Crippen LogP contribution in [0.3, 0.4) is 0 Å². The van der Waals surface area contributed by atoms with Crippen molar-refractivity contribution in [2.75, 3.05) is 6.54 Å². The second-order valence-electron chi connectivity index (χ2n) is 4.91. The second kappa shape index (κ2) is 5.68. The topological polar surface area (TPSA) is 68.1 Å². The Morgan fingerprint density at radius 2 is 2.30 bits per heavy atom. The van der Waals surface area contributed by atoms with E-state index in [9.17, 15) is 10.1 Å². The lowest BCUT2D eigenvalue weighted by Gasteiger charge is -1.99. The van der Waals surface area contributed by atoms with Crippen LogP contribution in [0, 0.1) is 10.1 Å². The molecule has 0 bridgehead atoms. The second-order valence-corrected chi connectivity index (χ2v) is 5.85. The molecule has 1 aliphatic rings. The average Bonchev–Trinajstić information content (AvgIpc) is 3.15. The van der Waals surface area contributed by atoms with Crippen LogP contribution in [0.4, 0.5) is 5.69 Å². The first-order chi connectivity index (χ1) is 9.72. The molecule has 3 rings (SSSR count). The molecule has 0 spiro atoms. The Kier molecular flexibility index (Phi) is 3.75. The summed E-state index contributed by atoms with van der Waals surface area (Å²) in [7, 11) is 0. The van der Waals surface area contributed by atoms with Crippen LogP contribution < -0.4 is 5.32 Å². The van der Waals surface area contributed by atoms with E-state index in [-0.39, 0.29) is 10.6 Å². The fourth-order valence-corrected chi connectivity index (χ4v) is 2.82. The van der Waals surface area contributed by atoms with Crippen molar-refractivity contribution in [1.29, 1.82) is 0 Å². The number of nitro benzene ring substituents is 1. The Balaban J connectivity index is 1.68. The highest BCUT2D eigenvalue weighted by atomic mass is 32.1. The molecule has 20 heavy (non-hydrogen) atoms. The highest BCUT2D eigenvalue weighted by Crippen LogP contribution is 2.25. The molecule has 0 radical (unpaired) electrons. The summed E-state index contributed by atoms with van der Waals surface area (Å²) in [5.41, 5.74) is 1.73. The van der Waals surface area contributed by atoms with Gasteiger partial charge in [-0.3, -0.25) is 10.1 Å². The maximum absolute atomic E-state index is 10.8. The summed E-state index contributed by atoms with van der Waals surface area (Å²) < 4.78 is 0. The largest absolute Gasteiger partial charge is 0.314 e. The number of thiazole rings is 1. The van der Waals surface area contributed by atoms with Crippen molar-refractivity contribution in [3.63, 3.8) is 0 Å². The monoisotopic (exact) mass is 289 g/mol. The summed E-state index contributed by atoms with van der Waals surface area (Å²) >= 11 is 1.61. The fourth-order valence-electron chi connectivity index (χ4n) is 2.01. The van der Waals surface area contributed by atoms with Crippen molar-refractivity contribution in [2.45, 2.75) is 25.3 Å². The number of rotatable bonds is 6. The molecule has 0 atom stereocenters. The van der Waals surface area contributed by atoms with Crippen LogP contribution in [0.1, 0.15) is 17.8 Å². The van der Waals surface area contributed by atoms with Crippen molar-refractivity contribution in [3.8, 4) is 11.3 Å². The van der Waals surface area contributed by atoms with Crippen LogP contribution in [0.2, 0.25) is 0 Å². The van der Waals surface area contributed by atoms with Crippen LogP contribution >= 0.6 is 11.3 Å². The van der Waals surface area contributed by atoms with E-state index in [1.165, 1.54) is 18.9 Å². The zero-order chi connectivity index (χ0) is 13.9. The molecule has 1 aliphatic carbocycles. The van der Waals surface area contributed by atoms with Gasteiger partial charge in [0.05, 0.1) is 15.6 Å². The lowest BCUT2D eigenvalue weighted by molar-refractivity contribution is -0.384. The first-order valence-corrected chi connectivity index (χ1v) is 7.53. The minimum absolute atomic E-state index is 0.104. The number of nitrogens with one attached hydrogen (secondary N) is 1. The summed E-state index contributed by atoms with van der Waals surface area (Å²) in [5, 5.41) is 17.3. The van der Waals surface area contributed by atoms with Crippen LogP contribution in [0.15, 0.2) is 29.6 Å². The summed E-state index contributed by atoms with van der Waals surface area (Å²) in [6, 6.07) is 7.33. The van der Waals surface area contributed by atoms with Crippen molar-refractivity contribution in [3.05, 3.63) is 44.8 Å². The standard InChI is InChI=1S/C14H15N3O2S/c18-17(19)12-3-1-2-10(8-12)13-9-20-14(16-13)6-7-15-11-4-5-11/h1-3,8-9,11,15H,4-7H2. The Morgan fingerprint density at radius 3 is 3.05 bits per heavy atom. The van der Waals surface area contributed by atoms with Gasteiger partial charge in [0.25, 0.3) is 5.69 Å². The number of aromatic nitrogens is 1. The Labute approximate surface area is 120 Å². The molecule has 1 fully saturated rings. The van der Waals surface area contributed by atoms with E-state index in [0.717, 1.165) is 29.2 Å². The van der Waals surface area contributed by atoms with Crippen LogP contribution in [0.5, 0.6) is 0 Å².